The number of piperazine rings is 1. The second kappa shape index (κ2) is 8.20. The highest BCUT2D eigenvalue weighted by Crippen LogP contribution is 2.20. The number of nitrogens with zero attached hydrogens (tertiary/aromatic N) is 1. The van der Waals surface area contributed by atoms with Crippen LogP contribution in [0.3, 0.4) is 0 Å². The summed E-state index contributed by atoms with van der Waals surface area (Å²) in [5, 5.41) is 3.07. The molecular formula is C18H26F2N3O3S+. The number of benzene rings is 1. The van der Waals surface area contributed by atoms with Crippen LogP contribution in [0.15, 0.2) is 23.1 Å². The van der Waals surface area contributed by atoms with Crippen molar-refractivity contribution in [3.8, 4) is 0 Å². The second-order valence-electron chi connectivity index (χ2n) is 7.35. The number of quaternary nitrogens is 1. The number of hydrogen-bond donors (Lipinski definition) is 2. The molecule has 1 amide bonds. The number of rotatable bonds is 5. The van der Waals surface area contributed by atoms with Crippen LogP contribution in [-0.2, 0) is 14.8 Å². The molecule has 1 heterocycles. The molecule has 9 heteroatoms. The fourth-order valence-corrected chi connectivity index (χ4v) is 5.36. The summed E-state index contributed by atoms with van der Waals surface area (Å²) in [6.07, 6.45) is 4.30. The summed E-state index contributed by atoms with van der Waals surface area (Å²) in [7, 11) is -4.10. The molecule has 0 spiro atoms. The maximum Gasteiger partial charge on any atom is 0.278 e. The number of nitrogens with one attached hydrogen (secondary N) is 2. The Labute approximate surface area is 158 Å². The zero-order valence-electron chi connectivity index (χ0n) is 15.4. The van der Waals surface area contributed by atoms with E-state index in [0.717, 1.165) is 47.0 Å². The first kappa shape index (κ1) is 20.2. The molecule has 2 aliphatic rings. The summed E-state index contributed by atoms with van der Waals surface area (Å²) in [6.45, 7) is 3.05. The summed E-state index contributed by atoms with van der Waals surface area (Å²) >= 11 is 0. The normalized spacial score (nSPS) is 21.3. The van der Waals surface area contributed by atoms with Crippen LogP contribution in [0.25, 0.3) is 0 Å². The van der Waals surface area contributed by atoms with E-state index >= 15 is 0 Å². The van der Waals surface area contributed by atoms with Gasteiger partial charge in [0.05, 0.1) is 26.2 Å². The van der Waals surface area contributed by atoms with Gasteiger partial charge in [0.2, 0.25) is 10.0 Å². The van der Waals surface area contributed by atoms with Crippen LogP contribution in [0.4, 0.5) is 8.78 Å². The maximum atomic E-state index is 13.9. The Morgan fingerprint density at radius 2 is 1.85 bits per heavy atom. The number of halogens is 2. The van der Waals surface area contributed by atoms with Crippen LogP contribution in [0.1, 0.15) is 32.6 Å². The summed E-state index contributed by atoms with van der Waals surface area (Å²) in [5.74, 6) is -1.77. The Balaban J connectivity index is 1.60. The van der Waals surface area contributed by atoms with Gasteiger partial charge < -0.3 is 10.2 Å². The van der Waals surface area contributed by atoms with Crippen molar-refractivity contribution >= 4 is 15.9 Å². The molecule has 27 heavy (non-hydrogen) atoms. The Morgan fingerprint density at radius 1 is 1.22 bits per heavy atom. The minimum absolute atomic E-state index is 0.00983. The van der Waals surface area contributed by atoms with Crippen molar-refractivity contribution in [2.75, 3.05) is 26.2 Å². The maximum absolute atomic E-state index is 13.9. The van der Waals surface area contributed by atoms with E-state index in [4.69, 9.17) is 0 Å². The zero-order chi connectivity index (χ0) is 19.6. The van der Waals surface area contributed by atoms with Gasteiger partial charge in [-0.25, -0.2) is 17.2 Å². The number of carbonyl (C=O) groups excluding carboxylic acids is 1. The van der Waals surface area contributed by atoms with Crippen LogP contribution in [0.5, 0.6) is 0 Å². The highest BCUT2D eigenvalue weighted by Gasteiger charge is 2.36. The summed E-state index contributed by atoms with van der Waals surface area (Å²) < 4.78 is 53.7. The van der Waals surface area contributed by atoms with Gasteiger partial charge in [0.1, 0.15) is 16.5 Å². The molecule has 0 radical (unpaired) electrons. The lowest BCUT2D eigenvalue weighted by Gasteiger charge is -2.34. The van der Waals surface area contributed by atoms with Crippen molar-refractivity contribution in [2.45, 2.75) is 49.6 Å². The molecule has 1 atom stereocenters. The first-order valence-corrected chi connectivity index (χ1v) is 10.8. The Hall–Kier alpha value is -1.58. The summed E-state index contributed by atoms with van der Waals surface area (Å²) in [4.78, 5) is 12.8. The smallest absolute Gasteiger partial charge is 0.278 e. The van der Waals surface area contributed by atoms with E-state index in [2.05, 4.69) is 5.32 Å². The molecule has 1 aromatic rings. The molecule has 2 N–H and O–H groups in total. The van der Waals surface area contributed by atoms with Gasteiger partial charge in [0.15, 0.2) is 6.04 Å². The van der Waals surface area contributed by atoms with Crippen molar-refractivity contribution in [1.29, 1.82) is 0 Å². The van der Waals surface area contributed by atoms with Crippen molar-refractivity contribution in [3.63, 3.8) is 0 Å². The van der Waals surface area contributed by atoms with E-state index in [9.17, 15) is 22.0 Å². The lowest BCUT2D eigenvalue weighted by atomic mass is 10.2. The SMILES string of the molecule is C[C@H](C(=O)NC1CCCC1)[NH+]1CCN(S(=O)(=O)c2cc(F)ccc2F)CC1. The largest absolute Gasteiger partial charge is 0.348 e. The van der Waals surface area contributed by atoms with Gasteiger partial charge in [-0.1, -0.05) is 12.8 Å². The first-order chi connectivity index (χ1) is 12.8. The van der Waals surface area contributed by atoms with Crippen molar-refractivity contribution < 1.29 is 26.9 Å². The Bertz CT molecular complexity index is 789. The molecule has 3 rings (SSSR count). The average molecular weight is 402 g/mol. The van der Waals surface area contributed by atoms with Gasteiger partial charge in [-0.2, -0.15) is 4.31 Å². The van der Waals surface area contributed by atoms with E-state index < -0.39 is 26.6 Å². The van der Waals surface area contributed by atoms with Crippen LogP contribution in [0.2, 0.25) is 0 Å². The highest BCUT2D eigenvalue weighted by molar-refractivity contribution is 7.89. The molecule has 2 fully saturated rings. The second-order valence-corrected chi connectivity index (χ2v) is 9.26. The fourth-order valence-electron chi connectivity index (χ4n) is 3.84. The van der Waals surface area contributed by atoms with Gasteiger partial charge in [-0.3, -0.25) is 4.79 Å². The molecular weight excluding hydrogens is 376 g/mol. The van der Waals surface area contributed by atoms with Crippen LogP contribution in [0, 0.1) is 11.6 Å². The molecule has 1 saturated carbocycles. The quantitative estimate of drug-likeness (QED) is 0.744. The average Bonchev–Trinajstić information content (AvgIpc) is 3.16. The van der Waals surface area contributed by atoms with E-state index in [1.54, 1.807) is 0 Å². The first-order valence-electron chi connectivity index (χ1n) is 9.39. The van der Waals surface area contributed by atoms with E-state index in [1.807, 2.05) is 6.92 Å². The lowest BCUT2D eigenvalue weighted by molar-refractivity contribution is -0.917. The standard InChI is InChI=1S/C18H25F2N3O3S/c1-13(18(24)21-15-4-2-3-5-15)22-8-10-23(11-9-22)27(25,26)17-12-14(19)6-7-16(17)20/h6-7,12-13,15H,2-5,8-11H2,1H3,(H,21,24)/p+1/t13-/m1/s1. The Morgan fingerprint density at radius 3 is 2.48 bits per heavy atom. The molecule has 6 nitrogen and oxygen atoms in total. The molecule has 1 aliphatic carbocycles. The van der Waals surface area contributed by atoms with Crippen molar-refractivity contribution in [2.24, 2.45) is 0 Å². The van der Waals surface area contributed by atoms with E-state index in [0.29, 0.717) is 19.2 Å². The van der Waals surface area contributed by atoms with Gasteiger partial charge in [0.25, 0.3) is 5.91 Å². The third kappa shape index (κ3) is 4.47. The predicted octanol–water partition coefficient (Wildman–Crippen LogP) is 0.301. The highest BCUT2D eigenvalue weighted by atomic mass is 32.2. The Kier molecular flexibility index (Phi) is 6.12. The van der Waals surface area contributed by atoms with Gasteiger partial charge >= 0.3 is 0 Å². The lowest BCUT2D eigenvalue weighted by Crippen LogP contribution is -3.19. The third-order valence-corrected chi connectivity index (χ3v) is 7.50. The van der Waals surface area contributed by atoms with Crippen molar-refractivity contribution in [1.82, 2.24) is 9.62 Å². The number of hydrogen-bond acceptors (Lipinski definition) is 3. The number of sulfonamides is 1. The van der Waals surface area contributed by atoms with Crippen LogP contribution >= 0.6 is 0 Å². The topological polar surface area (TPSA) is 70.9 Å². The summed E-state index contributed by atoms with van der Waals surface area (Å²) in [5.41, 5.74) is 0. The molecule has 1 aliphatic heterocycles. The molecule has 0 bridgehead atoms. The summed E-state index contributed by atoms with van der Waals surface area (Å²) in [6, 6.07) is 2.39. The zero-order valence-corrected chi connectivity index (χ0v) is 16.2. The molecule has 0 unspecified atom stereocenters. The molecule has 1 saturated heterocycles. The predicted molar refractivity (Wildman–Crippen MR) is 95.7 cm³/mol. The molecule has 0 aromatic heterocycles. The van der Waals surface area contributed by atoms with Gasteiger partial charge in [0, 0.05) is 6.04 Å². The minimum Gasteiger partial charge on any atom is -0.348 e. The van der Waals surface area contributed by atoms with E-state index in [-0.39, 0.29) is 31.1 Å². The molecule has 1 aromatic carbocycles. The monoisotopic (exact) mass is 402 g/mol. The molecule has 150 valence electrons. The van der Waals surface area contributed by atoms with Gasteiger partial charge in [-0.05, 0) is 38.0 Å². The van der Waals surface area contributed by atoms with E-state index in [1.165, 1.54) is 0 Å². The minimum atomic E-state index is -4.10. The van der Waals surface area contributed by atoms with Crippen LogP contribution in [-0.4, -0.2) is 56.9 Å². The van der Waals surface area contributed by atoms with Gasteiger partial charge in [-0.15, -0.1) is 0 Å². The third-order valence-electron chi connectivity index (χ3n) is 5.58. The number of amides is 1. The van der Waals surface area contributed by atoms with Crippen molar-refractivity contribution in [3.05, 3.63) is 29.8 Å². The fraction of sp³-hybridized carbons (Fsp3) is 0.611. The number of carbonyl (C=O) groups is 1. The van der Waals surface area contributed by atoms with Crippen LogP contribution < -0.4 is 10.2 Å².